The number of aromatic nitrogens is 2. The summed E-state index contributed by atoms with van der Waals surface area (Å²) in [6.07, 6.45) is 0. The molecule has 36 heavy (non-hydrogen) atoms. The number of benzene rings is 2. The molecule has 190 valence electrons. The first-order valence-corrected chi connectivity index (χ1v) is 11.6. The summed E-state index contributed by atoms with van der Waals surface area (Å²) in [5.74, 6) is -1.43. The molecule has 0 unspecified atom stereocenters. The maximum absolute atomic E-state index is 13.1. The van der Waals surface area contributed by atoms with E-state index in [0.29, 0.717) is 30.3 Å². The van der Waals surface area contributed by atoms with Crippen molar-refractivity contribution < 1.29 is 24.2 Å². The standard InChI is InChI=1S/C28H33N3O5/c1-18-15-20(7-12-25(18)36-19(2)27(33)34)17-29-26(32)24-16-23(30-31(24)13-14-35-6)21-8-10-22(11-9-21)28(3,4)5/h7-12,15-16H,2,13-14,17H2,1,3-6H3,(H,29,32)(H,33,34). The summed E-state index contributed by atoms with van der Waals surface area (Å²) in [5.41, 5.74) is 4.94. The molecule has 0 spiro atoms. The molecule has 0 fully saturated rings. The Morgan fingerprint density at radius 1 is 1.11 bits per heavy atom. The number of carboxylic acid groups (broad SMARTS) is 1. The van der Waals surface area contributed by atoms with Gasteiger partial charge < -0.3 is 19.9 Å². The van der Waals surface area contributed by atoms with Gasteiger partial charge >= 0.3 is 5.97 Å². The Bertz CT molecular complexity index is 1250. The van der Waals surface area contributed by atoms with Crippen molar-refractivity contribution in [2.75, 3.05) is 13.7 Å². The van der Waals surface area contributed by atoms with Crippen LogP contribution >= 0.6 is 0 Å². The Morgan fingerprint density at radius 3 is 2.39 bits per heavy atom. The number of carboxylic acids is 1. The number of aryl methyl sites for hydroxylation is 1. The Morgan fingerprint density at radius 2 is 1.81 bits per heavy atom. The summed E-state index contributed by atoms with van der Waals surface area (Å²) in [4.78, 5) is 24.0. The van der Waals surface area contributed by atoms with E-state index in [0.717, 1.165) is 16.7 Å². The summed E-state index contributed by atoms with van der Waals surface area (Å²) in [6.45, 7) is 12.8. The van der Waals surface area contributed by atoms with Gasteiger partial charge in [-0.15, -0.1) is 0 Å². The molecule has 0 radical (unpaired) electrons. The first-order chi connectivity index (χ1) is 17.0. The Labute approximate surface area is 211 Å². The number of methoxy groups -OCH3 is 1. The first kappa shape index (κ1) is 26.7. The molecule has 0 saturated carbocycles. The van der Waals surface area contributed by atoms with Gasteiger partial charge in [-0.2, -0.15) is 5.10 Å². The number of hydrogen-bond donors (Lipinski definition) is 2. The molecule has 2 N–H and O–H groups in total. The highest BCUT2D eigenvalue weighted by Gasteiger charge is 2.18. The van der Waals surface area contributed by atoms with Crippen LogP contribution in [0.5, 0.6) is 5.75 Å². The molecule has 8 nitrogen and oxygen atoms in total. The fourth-order valence-corrected chi connectivity index (χ4v) is 3.62. The van der Waals surface area contributed by atoms with Crippen LogP contribution in [-0.4, -0.2) is 40.5 Å². The van der Waals surface area contributed by atoms with E-state index in [-0.39, 0.29) is 23.6 Å². The molecule has 8 heteroatoms. The number of aliphatic carboxylic acids is 1. The third-order valence-electron chi connectivity index (χ3n) is 5.73. The number of hydrogen-bond acceptors (Lipinski definition) is 5. The van der Waals surface area contributed by atoms with Gasteiger partial charge in [0.1, 0.15) is 11.4 Å². The topological polar surface area (TPSA) is 103 Å². The van der Waals surface area contributed by atoms with Gasteiger partial charge in [-0.25, -0.2) is 4.79 Å². The summed E-state index contributed by atoms with van der Waals surface area (Å²) in [7, 11) is 1.61. The van der Waals surface area contributed by atoms with E-state index < -0.39 is 5.97 Å². The number of nitrogens with one attached hydrogen (secondary N) is 1. The molecule has 3 aromatic rings. The molecule has 0 aliphatic carbocycles. The minimum Gasteiger partial charge on any atom is -0.475 e. The van der Waals surface area contributed by atoms with Crippen LogP contribution < -0.4 is 10.1 Å². The molecule has 0 aliphatic heterocycles. The largest absolute Gasteiger partial charge is 0.475 e. The van der Waals surface area contributed by atoms with E-state index in [1.807, 2.05) is 18.2 Å². The molecule has 0 aliphatic rings. The van der Waals surface area contributed by atoms with Gasteiger partial charge in [0.15, 0.2) is 0 Å². The summed E-state index contributed by atoms with van der Waals surface area (Å²) in [5, 5.41) is 16.5. The lowest BCUT2D eigenvalue weighted by atomic mass is 9.86. The van der Waals surface area contributed by atoms with E-state index in [4.69, 9.17) is 14.6 Å². The fourth-order valence-electron chi connectivity index (χ4n) is 3.62. The van der Waals surface area contributed by atoms with Crippen LogP contribution in [0.2, 0.25) is 0 Å². The molecular weight excluding hydrogens is 458 g/mol. The van der Waals surface area contributed by atoms with E-state index in [1.54, 1.807) is 36.9 Å². The smallest absolute Gasteiger partial charge is 0.371 e. The lowest BCUT2D eigenvalue weighted by Gasteiger charge is -2.18. The van der Waals surface area contributed by atoms with Crippen LogP contribution in [0.3, 0.4) is 0 Å². The maximum atomic E-state index is 13.1. The summed E-state index contributed by atoms with van der Waals surface area (Å²) >= 11 is 0. The van der Waals surface area contributed by atoms with Gasteiger partial charge in [0.05, 0.1) is 18.8 Å². The lowest BCUT2D eigenvalue weighted by molar-refractivity contribution is -0.135. The van der Waals surface area contributed by atoms with E-state index in [1.165, 1.54) is 5.56 Å². The molecule has 1 heterocycles. The van der Waals surface area contributed by atoms with E-state index in [9.17, 15) is 9.59 Å². The quantitative estimate of drug-likeness (QED) is 0.315. The van der Waals surface area contributed by atoms with Gasteiger partial charge in [0.25, 0.3) is 5.91 Å². The predicted molar refractivity (Wildman–Crippen MR) is 138 cm³/mol. The second-order valence-corrected chi connectivity index (χ2v) is 9.57. The number of carbonyl (C=O) groups excluding carboxylic acids is 1. The van der Waals surface area contributed by atoms with Crippen molar-refractivity contribution in [2.24, 2.45) is 0 Å². The van der Waals surface area contributed by atoms with Crippen LogP contribution in [-0.2, 0) is 28.0 Å². The van der Waals surface area contributed by atoms with E-state index in [2.05, 4.69) is 49.9 Å². The zero-order valence-corrected chi connectivity index (χ0v) is 21.4. The van der Waals surface area contributed by atoms with Crippen LogP contribution in [0, 0.1) is 6.92 Å². The van der Waals surface area contributed by atoms with Crippen molar-refractivity contribution in [3.63, 3.8) is 0 Å². The Hall–Kier alpha value is -3.91. The predicted octanol–water partition coefficient (Wildman–Crippen LogP) is 4.71. The maximum Gasteiger partial charge on any atom is 0.371 e. The number of amides is 1. The minimum absolute atomic E-state index is 0.0499. The van der Waals surface area contributed by atoms with Gasteiger partial charge in [0, 0.05) is 19.2 Å². The molecule has 0 bridgehead atoms. The highest BCUT2D eigenvalue weighted by molar-refractivity contribution is 5.93. The third-order valence-corrected chi connectivity index (χ3v) is 5.73. The van der Waals surface area contributed by atoms with Crippen LogP contribution in [0.25, 0.3) is 11.3 Å². The van der Waals surface area contributed by atoms with Crippen molar-refractivity contribution in [3.05, 3.63) is 83.3 Å². The van der Waals surface area contributed by atoms with Crippen LogP contribution in [0.4, 0.5) is 0 Å². The summed E-state index contributed by atoms with van der Waals surface area (Å²) < 4.78 is 12.1. The van der Waals surface area contributed by atoms with Crippen molar-refractivity contribution >= 4 is 11.9 Å². The average Bonchev–Trinajstić information content (AvgIpc) is 3.26. The minimum atomic E-state index is -1.22. The fraction of sp³-hybridized carbons (Fsp3) is 0.321. The Kier molecular flexibility index (Phi) is 8.32. The van der Waals surface area contributed by atoms with Gasteiger partial charge in [-0.1, -0.05) is 57.2 Å². The normalized spacial score (nSPS) is 11.2. The molecular formula is C28H33N3O5. The van der Waals surface area contributed by atoms with Crippen molar-refractivity contribution in [3.8, 4) is 17.0 Å². The zero-order chi connectivity index (χ0) is 26.5. The highest BCUT2D eigenvalue weighted by Crippen LogP contribution is 2.26. The SMILES string of the molecule is C=C(Oc1ccc(CNC(=O)c2cc(-c3ccc(C(C)(C)C)cc3)nn2CCOC)cc1C)C(=O)O. The molecule has 1 aromatic heterocycles. The summed E-state index contributed by atoms with van der Waals surface area (Å²) in [6, 6.07) is 15.3. The third kappa shape index (κ3) is 6.60. The second-order valence-electron chi connectivity index (χ2n) is 9.57. The van der Waals surface area contributed by atoms with Gasteiger partial charge in [-0.3, -0.25) is 9.48 Å². The van der Waals surface area contributed by atoms with Crippen molar-refractivity contribution in [1.82, 2.24) is 15.1 Å². The zero-order valence-electron chi connectivity index (χ0n) is 21.4. The van der Waals surface area contributed by atoms with Gasteiger partial charge in [0.2, 0.25) is 5.76 Å². The second kappa shape index (κ2) is 11.2. The number of carbonyl (C=O) groups is 2. The number of nitrogens with zero attached hydrogens (tertiary/aromatic N) is 2. The first-order valence-electron chi connectivity index (χ1n) is 11.6. The highest BCUT2D eigenvalue weighted by atomic mass is 16.5. The lowest BCUT2D eigenvalue weighted by Crippen LogP contribution is -2.26. The van der Waals surface area contributed by atoms with Crippen LogP contribution in [0.15, 0.2) is 60.9 Å². The molecule has 1 amide bonds. The van der Waals surface area contributed by atoms with Crippen molar-refractivity contribution in [2.45, 2.75) is 46.2 Å². The van der Waals surface area contributed by atoms with E-state index >= 15 is 0 Å². The van der Waals surface area contributed by atoms with Crippen LogP contribution in [0.1, 0.15) is 48.0 Å². The molecule has 0 saturated heterocycles. The average molecular weight is 492 g/mol. The monoisotopic (exact) mass is 491 g/mol. The van der Waals surface area contributed by atoms with Gasteiger partial charge in [-0.05, 0) is 47.7 Å². The molecule has 0 atom stereocenters. The molecule has 3 rings (SSSR count). The number of ether oxygens (including phenoxy) is 2. The Balaban J connectivity index is 1.76. The van der Waals surface area contributed by atoms with Crippen molar-refractivity contribution in [1.29, 1.82) is 0 Å². The molecule has 2 aromatic carbocycles. The number of rotatable bonds is 10.